The predicted molar refractivity (Wildman–Crippen MR) is 122 cm³/mol. The minimum Gasteiger partial charge on any atom is -0.326 e. The van der Waals surface area contributed by atoms with E-state index >= 15 is 0 Å². The van der Waals surface area contributed by atoms with Gasteiger partial charge in [0.1, 0.15) is 0 Å². The molecule has 0 aliphatic heterocycles. The zero-order chi connectivity index (χ0) is 19.9. The fraction of sp³-hybridized carbons (Fsp3) is 0.0769. The lowest BCUT2D eigenvalue weighted by Crippen LogP contribution is -1.94. The van der Waals surface area contributed by atoms with Crippen LogP contribution in [0, 0.1) is 0 Å². The molecule has 0 atom stereocenters. The van der Waals surface area contributed by atoms with E-state index in [2.05, 4.69) is 77.8 Å². The van der Waals surface area contributed by atoms with E-state index in [1.807, 2.05) is 30.5 Å². The third-order valence-electron chi connectivity index (χ3n) is 4.76. The van der Waals surface area contributed by atoms with Crippen LogP contribution in [0.2, 0.25) is 0 Å². The lowest BCUT2D eigenvalue weighted by atomic mass is 10.1. The number of para-hydroxylation sites is 2. The van der Waals surface area contributed by atoms with Gasteiger partial charge < -0.3 is 5.73 Å². The summed E-state index contributed by atoms with van der Waals surface area (Å²) in [7, 11) is 0. The van der Waals surface area contributed by atoms with Crippen LogP contribution in [-0.2, 0) is 6.54 Å². The Morgan fingerprint density at radius 3 is 2.00 bits per heavy atom. The SMILES string of the molecule is NCc1ccc(C=CCC=Cc2ccc(-c3cnc4ccccc4n3)cc2)cc1. The molecule has 0 radical (unpaired) electrons. The Balaban J connectivity index is 1.37. The second-order valence-electron chi connectivity index (χ2n) is 6.85. The monoisotopic (exact) mass is 377 g/mol. The van der Waals surface area contributed by atoms with E-state index in [0.29, 0.717) is 6.54 Å². The summed E-state index contributed by atoms with van der Waals surface area (Å²) in [6, 6.07) is 24.6. The Labute approximate surface area is 171 Å². The standard InChI is InChI=1S/C26H23N3/c27-18-22-12-10-20(11-13-22)6-2-1-3-7-21-14-16-23(17-15-21)26-19-28-24-8-4-5-9-25(24)29-26/h2-17,19H,1,18,27H2. The third kappa shape index (κ3) is 4.84. The first kappa shape index (κ1) is 18.8. The topological polar surface area (TPSA) is 51.8 Å². The molecule has 0 fully saturated rings. The molecule has 0 spiro atoms. The van der Waals surface area contributed by atoms with Crippen molar-refractivity contribution in [3.05, 3.63) is 108 Å². The molecule has 3 heteroatoms. The zero-order valence-corrected chi connectivity index (χ0v) is 16.2. The Hall–Kier alpha value is -3.56. The number of hydrogen-bond donors (Lipinski definition) is 1. The van der Waals surface area contributed by atoms with Crippen LogP contribution >= 0.6 is 0 Å². The van der Waals surface area contributed by atoms with E-state index in [-0.39, 0.29) is 0 Å². The first-order valence-electron chi connectivity index (χ1n) is 9.76. The Bertz CT molecular complexity index is 1140. The molecule has 1 aromatic heterocycles. The lowest BCUT2D eigenvalue weighted by Gasteiger charge is -2.03. The highest BCUT2D eigenvalue weighted by Crippen LogP contribution is 2.20. The van der Waals surface area contributed by atoms with Gasteiger partial charge in [-0.25, -0.2) is 4.98 Å². The van der Waals surface area contributed by atoms with Crippen molar-refractivity contribution in [1.29, 1.82) is 0 Å². The minimum absolute atomic E-state index is 0.582. The van der Waals surface area contributed by atoms with Crippen LogP contribution in [0.1, 0.15) is 23.1 Å². The molecular weight excluding hydrogens is 354 g/mol. The Kier molecular flexibility index (Phi) is 5.89. The number of fused-ring (bicyclic) bond motifs is 1. The van der Waals surface area contributed by atoms with Crippen molar-refractivity contribution in [2.45, 2.75) is 13.0 Å². The van der Waals surface area contributed by atoms with Crippen molar-refractivity contribution in [3.63, 3.8) is 0 Å². The third-order valence-corrected chi connectivity index (χ3v) is 4.76. The number of allylic oxidation sites excluding steroid dienone is 2. The molecule has 1 heterocycles. The highest BCUT2D eigenvalue weighted by atomic mass is 14.8. The van der Waals surface area contributed by atoms with Crippen molar-refractivity contribution < 1.29 is 0 Å². The normalized spacial score (nSPS) is 11.6. The van der Waals surface area contributed by atoms with Crippen LogP contribution in [0.5, 0.6) is 0 Å². The van der Waals surface area contributed by atoms with Gasteiger partial charge in [0.15, 0.2) is 0 Å². The van der Waals surface area contributed by atoms with Gasteiger partial charge >= 0.3 is 0 Å². The van der Waals surface area contributed by atoms with Gasteiger partial charge in [0.25, 0.3) is 0 Å². The number of aromatic nitrogens is 2. The molecule has 2 N–H and O–H groups in total. The molecule has 0 amide bonds. The van der Waals surface area contributed by atoms with Gasteiger partial charge in [0.2, 0.25) is 0 Å². The van der Waals surface area contributed by atoms with E-state index in [1.54, 1.807) is 0 Å². The van der Waals surface area contributed by atoms with Crippen molar-refractivity contribution >= 4 is 23.2 Å². The Morgan fingerprint density at radius 2 is 1.34 bits per heavy atom. The average molecular weight is 377 g/mol. The van der Waals surface area contributed by atoms with Gasteiger partial charge in [-0.1, -0.05) is 85.0 Å². The lowest BCUT2D eigenvalue weighted by molar-refractivity contribution is 1.07. The van der Waals surface area contributed by atoms with Crippen LogP contribution in [0.4, 0.5) is 0 Å². The van der Waals surface area contributed by atoms with Gasteiger partial charge in [-0.05, 0) is 35.2 Å². The summed E-state index contributed by atoms with van der Waals surface area (Å²) < 4.78 is 0. The van der Waals surface area contributed by atoms with Crippen LogP contribution in [0.25, 0.3) is 34.4 Å². The quantitative estimate of drug-likeness (QED) is 0.457. The van der Waals surface area contributed by atoms with Crippen LogP contribution in [0.3, 0.4) is 0 Å². The number of benzene rings is 3. The molecule has 0 saturated carbocycles. The molecule has 0 unspecified atom stereocenters. The summed E-state index contributed by atoms with van der Waals surface area (Å²) in [5, 5.41) is 0. The van der Waals surface area contributed by atoms with Crippen molar-refractivity contribution in [1.82, 2.24) is 9.97 Å². The largest absolute Gasteiger partial charge is 0.326 e. The summed E-state index contributed by atoms with van der Waals surface area (Å²) >= 11 is 0. The van der Waals surface area contributed by atoms with E-state index in [4.69, 9.17) is 10.7 Å². The smallest absolute Gasteiger partial charge is 0.0894 e. The first-order chi connectivity index (χ1) is 14.3. The maximum Gasteiger partial charge on any atom is 0.0894 e. The van der Waals surface area contributed by atoms with Crippen LogP contribution in [-0.4, -0.2) is 9.97 Å². The van der Waals surface area contributed by atoms with E-state index in [0.717, 1.165) is 34.3 Å². The average Bonchev–Trinajstić information content (AvgIpc) is 2.79. The molecule has 4 aromatic rings. The van der Waals surface area contributed by atoms with Crippen LogP contribution in [0.15, 0.2) is 91.1 Å². The van der Waals surface area contributed by atoms with Gasteiger partial charge in [-0.2, -0.15) is 0 Å². The summed E-state index contributed by atoms with van der Waals surface area (Å²) in [4.78, 5) is 9.20. The molecule has 0 bridgehead atoms. The van der Waals surface area contributed by atoms with Gasteiger partial charge in [-0.3, -0.25) is 4.98 Å². The maximum atomic E-state index is 5.63. The fourth-order valence-corrected chi connectivity index (χ4v) is 3.11. The molecule has 3 nitrogen and oxygen atoms in total. The summed E-state index contributed by atoms with van der Waals surface area (Å²) in [5.74, 6) is 0. The predicted octanol–water partition coefficient (Wildman–Crippen LogP) is 5.87. The van der Waals surface area contributed by atoms with Gasteiger partial charge in [-0.15, -0.1) is 0 Å². The summed E-state index contributed by atoms with van der Waals surface area (Å²) in [5.41, 5.74) is 12.9. The number of nitrogens with two attached hydrogens (primary N) is 1. The molecule has 4 rings (SSSR count). The van der Waals surface area contributed by atoms with E-state index < -0.39 is 0 Å². The fourth-order valence-electron chi connectivity index (χ4n) is 3.11. The maximum absolute atomic E-state index is 5.63. The van der Waals surface area contributed by atoms with Gasteiger partial charge in [0.05, 0.1) is 22.9 Å². The molecule has 0 aliphatic carbocycles. The molecule has 0 aliphatic rings. The zero-order valence-electron chi connectivity index (χ0n) is 16.2. The summed E-state index contributed by atoms with van der Waals surface area (Å²) in [6.07, 6.45) is 11.3. The second kappa shape index (κ2) is 9.09. The highest BCUT2D eigenvalue weighted by Gasteiger charge is 2.02. The van der Waals surface area contributed by atoms with E-state index in [1.165, 1.54) is 11.1 Å². The van der Waals surface area contributed by atoms with Gasteiger partial charge in [0, 0.05) is 12.1 Å². The first-order valence-corrected chi connectivity index (χ1v) is 9.76. The number of rotatable bonds is 6. The van der Waals surface area contributed by atoms with Crippen LogP contribution < -0.4 is 5.73 Å². The highest BCUT2D eigenvalue weighted by molar-refractivity contribution is 5.77. The van der Waals surface area contributed by atoms with Crippen molar-refractivity contribution in [2.75, 3.05) is 0 Å². The van der Waals surface area contributed by atoms with Crippen molar-refractivity contribution in [2.24, 2.45) is 5.73 Å². The Morgan fingerprint density at radius 1 is 0.724 bits per heavy atom. The number of nitrogens with zero attached hydrogens (tertiary/aromatic N) is 2. The van der Waals surface area contributed by atoms with E-state index in [9.17, 15) is 0 Å². The molecule has 142 valence electrons. The molecular formula is C26H23N3. The summed E-state index contributed by atoms with van der Waals surface area (Å²) in [6.45, 7) is 0.582. The molecule has 3 aromatic carbocycles. The molecule has 29 heavy (non-hydrogen) atoms. The number of hydrogen-bond acceptors (Lipinski definition) is 3. The second-order valence-corrected chi connectivity index (χ2v) is 6.85. The molecule has 0 saturated heterocycles. The van der Waals surface area contributed by atoms with Crippen molar-refractivity contribution in [3.8, 4) is 11.3 Å². The minimum atomic E-state index is 0.582.